The molecule has 0 aliphatic carbocycles. The Bertz CT molecular complexity index is 814. The fourth-order valence-corrected chi connectivity index (χ4v) is 6.32. The fraction of sp³-hybridized carbons (Fsp3) is 0.435. The van der Waals surface area contributed by atoms with Gasteiger partial charge in [-0.15, -0.1) is 0 Å². The Kier molecular flexibility index (Phi) is 8.46. The standard InChI is InChI=1S/C23H31AsClNO2/c1-6-21(18-9-15(3)22(25)16(4)10-18)26-20-8-7-14(2)19(11-20)13-24-12-17(5)23(27)28/h7-11,17,21,24,26H,6,12-13H2,1-5H3,(H,27,28)/t17?,21-/m1/s1. The second kappa shape index (κ2) is 10.4. The van der Waals surface area contributed by atoms with Crippen molar-refractivity contribution in [1.82, 2.24) is 0 Å². The summed E-state index contributed by atoms with van der Waals surface area (Å²) >= 11 is 6.03. The molecule has 2 rings (SSSR count). The second-order valence-corrected chi connectivity index (χ2v) is 10.6. The van der Waals surface area contributed by atoms with Gasteiger partial charge in [-0.2, -0.15) is 0 Å². The van der Waals surface area contributed by atoms with Gasteiger partial charge in [0.25, 0.3) is 0 Å². The van der Waals surface area contributed by atoms with Crippen LogP contribution in [0.3, 0.4) is 0 Å². The molecule has 28 heavy (non-hydrogen) atoms. The van der Waals surface area contributed by atoms with Crippen LogP contribution < -0.4 is 5.32 Å². The fourth-order valence-electron chi connectivity index (χ4n) is 3.27. The number of hydrogen-bond acceptors (Lipinski definition) is 2. The number of halogens is 1. The third kappa shape index (κ3) is 6.03. The first-order valence-electron chi connectivity index (χ1n) is 9.79. The Morgan fingerprint density at radius 1 is 1.14 bits per heavy atom. The van der Waals surface area contributed by atoms with E-state index in [1.165, 1.54) is 16.7 Å². The second-order valence-electron chi connectivity index (χ2n) is 7.59. The van der Waals surface area contributed by atoms with Crippen LogP contribution in [0.1, 0.15) is 54.1 Å². The molecule has 2 unspecified atom stereocenters. The summed E-state index contributed by atoms with van der Waals surface area (Å²) < 4.78 is 0. The van der Waals surface area contributed by atoms with Crippen molar-refractivity contribution in [1.29, 1.82) is 0 Å². The molecular formula is C23H31AsClNO2. The molecule has 0 aliphatic heterocycles. The molecule has 3 atom stereocenters. The van der Waals surface area contributed by atoms with Crippen LogP contribution >= 0.6 is 11.6 Å². The SMILES string of the molecule is CC[C@@H](Nc1ccc(C)c(C[AsH]CC(C)C(=O)O)c1)c1cc(C)c(Cl)c(C)c1. The van der Waals surface area contributed by atoms with Gasteiger partial charge in [0.15, 0.2) is 0 Å². The molecule has 0 saturated heterocycles. The minimum atomic E-state index is -0.685. The quantitative estimate of drug-likeness (QED) is 0.455. The minimum absolute atomic E-state index is 0.230. The number of carboxylic acid groups (broad SMARTS) is 1. The van der Waals surface area contributed by atoms with Crippen LogP contribution in [0.25, 0.3) is 0 Å². The van der Waals surface area contributed by atoms with Gasteiger partial charge in [-0.3, -0.25) is 0 Å². The number of rotatable bonds is 9. The van der Waals surface area contributed by atoms with Crippen molar-refractivity contribution in [3.63, 3.8) is 0 Å². The summed E-state index contributed by atoms with van der Waals surface area (Å²) in [5, 5.41) is 15.4. The molecule has 0 aliphatic rings. The van der Waals surface area contributed by atoms with E-state index in [0.717, 1.165) is 38.7 Å². The first-order chi connectivity index (χ1) is 13.2. The van der Waals surface area contributed by atoms with Gasteiger partial charge in [0.1, 0.15) is 0 Å². The Balaban J connectivity index is 2.13. The molecule has 152 valence electrons. The molecule has 2 aromatic rings. The van der Waals surface area contributed by atoms with Crippen LogP contribution in [0.2, 0.25) is 10.2 Å². The molecular weight excluding hydrogens is 433 g/mol. The Labute approximate surface area is 180 Å². The van der Waals surface area contributed by atoms with Gasteiger partial charge < -0.3 is 0 Å². The predicted octanol–water partition coefficient (Wildman–Crippen LogP) is 5.90. The Morgan fingerprint density at radius 2 is 1.79 bits per heavy atom. The zero-order valence-corrected chi connectivity index (χ0v) is 20.3. The van der Waals surface area contributed by atoms with Crippen molar-refractivity contribution in [2.45, 2.75) is 57.5 Å². The third-order valence-corrected chi connectivity index (χ3v) is 8.96. The van der Waals surface area contributed by atoms with E-state index in [2.05, 4.69) is 63.3 Å². The third-order valence-electron chi connectivity index (χ3n) is 5.15. The van der Waals surface area contributed by atoms with Gasteiger partial charge in [-0.05, 0) is 0 Å². The number of nitrogens with one attached hydrogen (secondary N) is 1. The number of aryl methyl sites for hydroxylation is 3. The van der Waals surface area contributed by atoms with E-state index in [1.54, 1.807) is 6.92 Å². The first kappa shape index (κ1) is 22.8. The summed E-state index contributed by atoms with van der Waals surface area (Å²) in [7, 11) is 0. The summed E-state index contributed by atoms with van der Waals surface area (Å²) in [6.45, 7) is 10.2. The molecule has 0 amide bonds. The van der Waals surface area contributed by atoms with Crippen molar-refractivity contribution < 1.29 is 9.90 Å². The molecule has 0 saturated carbocycles. The maximum absolute atomic E-state index is 11.0. The van der Waals surface area contributed by atoms with E-state index < -0.39 is 5.97 Å². The zero-order chi connectivity index (χ0) is 20.8. The molecule has 5 heteroatoms. The van der Waals surface area contributed by atoms with E-state index in [9.17, 15) is 4.79 Å². The van der Waals surface area contributed by atoms with Gasteiger partial charge in [-0.1, -0.05) is 0 Å². The molecule has 0 radical (unpaired) electrons. The van der Waals surface area contributed by atoms with E-state index in [0.29, 0.717) is 0 Å². The van der Waals surface area contributed by atoms with Crippen LogP contribution in [0.15, 0.2) is 30.3 Å². The van der Waals surface area contributed by atoms with Crippen LogP contribution in [0.4, 0.5) is 5.69 Å². The van der Waals surface area contributed by atoms with Gasteiger partial charge in [0.05, 0.1) is 0 Å². The predicted molar refractivity (Wildman–Crippen MR) is 121 cm³/mol. The normalized spacial score (nSPS) is 13.6. The van der Waals surface area contributed by atoms with Gasteiger partial charge in [0.2, 0.25) is 0 Å². The van der Waals surface area contributed by atoms with Crippen molar-refractivity contribution in [2.75, 3.05) is 5.32 Å². The van der Waals surface area contributed by atoms with Gasteiger partial charge in [0, 0.05) is 0 Å². The monoisotopic (exact) mass is 463 g/mol. The zero-order valence-electron chi connectivity index (χ0n) is 17.4. The van der Waals surface area contributed by atoms with Crippen molar-refractivity contribution in [3.8, 4) is 0 Å². The molecule has 0 heterocycles. The number of anilines is 1. The summed E-state index contributed by atoms with van der Waals surface area (Å²) in [6.07, 6.45) is 0.980. The number of carboxylic acids is 1. The van der Waals surface area contributed by atoms with Crippen LogP contribution in [0, 0.1) is 26.7 Å². The Hall–Kier alpha value is -1.44. The van der Waals surface area contributed by atoms with Crippen molar-refractivity contribution in [2.24, 2.45) is 5.92 Å². The molecule has 3 nitrogen and oxygen atoms in total. The number of benzene rings is 2. The van der Waals surface area contributed by atoms with E-state index >= 15 is 0 Å². The number of carbonyl (C=O) groups is 1. The molecule has 2 N–H and O–H groups in total. The molecule has 0 bridgehead atoms. The van der Waals surface area contributed by atoms with Gasteiger partial charge in [-0.25, -0.2) is 0 Å². The molecule has 2 aromatic carbocycles. The molecule has 0 aromatic heterocycles. The number of aliphatic carboxylic acids is 1. The summed E-state index contributed by atoms with van der Waals surface area (Å²) in [6, 6.07) is 11.1. The first-order valence-corrected chi connectivity index (χ1v) is 13.1. The maximum atomic E-state index is 11.0. The van der Waals surface area contributed by atoms with Crippen LogP contribution in [-0.4, -0.2) is 26.8 Å². The van der Waals surface area contributed by atoms with E-state index in [1.807, 2.05) is 0 Å². The number of hydrogen-bond donors (Lipinski definition) is 2. The van der Waals surface area contributed by atoms with E-state index in [-0.39, 0.29) is 27.7 Å². The van der Waals surface area contributed by atoms with E-state index in [4.69, 9.17) is 16.7 Å². The summed E-state index contributed by atoms with van der Waals surface area (Å²) in [5.41, 5.74) is 7.21. The molecule has 0 spiro atoms. The average molecular weight is 464 g/mol. The van der Waals surface area contributed by atoms with Crippen molar-refractivity contribution >= 4 is 39.0 Å². The topological polar surface area (TPSA) is 49.3 Å². The average Bonchev–Trinajstić information content (AvgIpc) is 2.65. The Morgan fingerprint density at radius 3 is 2.36 bits per heavy atom. The summed E-state index contributed by atoms with van der Waals surface area (Å²) in [5.74, 6) is -0.919. The summed E-state index contributed by atoms with van der Waals surface area (Å²) in [4.78, 5) is 11.0. The van der Waals surface area contributed by atoms with Crippen LogP contribution in [0.5, 0.6) is 0 Å². The van der Waals surface area contributed by atoms with Gasteiger partial charge >= 0.3 is 181 Å². The van der Waals surface area contributed by atoms with Crippen molar-refractivity contribution in [3.05, 3.63) is 63.2 Å². The van der Waals surface area contributed by atoms with Crippen LogP contribution in [-0.2, 0) is 10.0 Å². The molecule has 0 fully saturated rings.